The molecule has 1 aliphatic carbocycles. The number of carbonyl (C=O) groups is 1. The molecule has 3 heteroatoms. The highest BCUT2D eigenvalue weighted by molar-refractivity contribution is 6.30. The molecule has 0 saturated carbocycles. The minimum atomic E-state index is -0.637. The van der Waals surface area contributed by atoms with Gasteiger partial charge in [-0.15, -0.1) is 0 Å². The van der Waals surface area contributed by atoms with Crippen LogP contribution in [-0.4, -0.2) is 11.4 Å². The average molecular weight is 285 g/mol. The van der Waals surface area contributed by atoms with Gasteiger partial charge in [-0.2, -0.15) is 0 Å². The van der Waals surface area contributed by atoms with Gasteiger partial charge in [-0.25, -0.2) is 0 Å². The van der Waals surface area contributed by atoms with Crippen molar-refractivity contribution in [1.82, 2.24) is 0 Å². The number of rotatable bonds is 1. The highest BCUT2D eigenvalue weighted by atomic mass is 35.5. The van der Waals surface area contributed by atoms with Crippen LogP contribution in [0.3, 0.4) is 0 Å². The monoisotopic (exact) mass is 284 g/mol. The van der Waals surface area contributed by atoms with E-state index in [2.05, 4.69) is 0 Å². The predicted molar refractivity (Wildman–Crippen MR) is 77.1 cm³/mol. The maximum Gasteiger partial charge on any atom is 0.198 e. The molecule has 2 aromatic carbocycles. The lowest BCUT2D eigenvalue weighted by molar-refractivity contribution is 0.0850. The summed E-state index contributed by atoms with van der Waals surface area (Å²) in [6.45, 7) is 0. The maximum absolute atomic E-state index is 12.7. The van der Waals surface area contributed by atoms with Gasteiger partial charge in [0.15, 0.2) is 11.4 Å². The summed E-state index contributed by atoms with van der Waals surface area (Å²) >= 11 is 5.90. The fraction of sp³-hybridized carbons (Fsp3) is 0.235. The van der Waals surface area contributed by atoms with E-state index in [-0.39, 0.29) is 11.9 Å². The first kappa shape index (κ1) is 12.1. The van der Waals surface area contributed by atoms with Gasteiger partial charge in [-0.1, -0.05) is 48.0 Å². The smallest absolute Gasteiger partial charge is 0.198 e. The van der Waals surface area contributed by atoms with Gasteiger partial charge >= 0.3 is 0 Å². The van der Waals surface area contributed by atoms with Gasteiger partial charge in [0.1, 0.15) is 6.10 Å². The number of ether oxygens (including phenoxy) is 1. The second kappa shape index (κ2) is 4.18. The molecule has 20 heavy (non-hydrogen) atoms. The zero-order valence-corrected chi connectivity index (χ0v) is 11.6. The Morgan fingerprint density at radius 3 is 2.65 bits per heavy atom. The Labute approximate surface area is 122 Å². The summed E-state index contributed by atoms with van der Waals surface area (Å²) in [6, 6.07) is 15.4. The van der Waals surface area contributed by atoms with E-state index in [1.54, 1.807) is 0 Å². The molecule has 0 aromatic heterocycles. The van der Waals surface area contributed by atoms with Crippen molar-refractivity contribution < 1.29 is 9.53 Å². The minimum Gasteiger partial charge on any atom is -0.352 e. The van der Waals surface area contributed by atoms with Crippen LogP contribution in [0.15, 0.2) is 48.5 Å². The van der Waals surface area contributed by atoms with Crippen LogP contribution in [0.4, 0.5) is 0 Å². The molecular formula is C17H13ClO2. The topological polar surface area (TPSA) is 29.6 Å². The Bertz CT molecular complexity index is 692. The van der Waals surface area contributed by atoms with Gasteiger partial charge < -0.3 is 4.74 Å². The zero-order valence-electron chi connectivity index (χ0n) is 10.8. The SMILES string of the molecule is O=C1c2ccccc2CC[C@@]12O[C@H]2c1ccc(Cl)cc1. The lowest BCUT2D eigenvalue weighted by Gasteiger charge is -2.20. The molecule has 0 bridgehead atoms. The number of aryl methyl sites for hydroxylation is 1. The summed E-state index contributed by atoms with van der Waals surface area (Å²) in [4.78, 5) is 12.7. The van der Waals surface area contributed by atoms with Crippen molar-refractivity contribution in [3.63, 3.8) is 0 Å². The number of epoxide rings is 1. The Morgan fingerprint density at radius 1 is 1.10 bits per heavy atom. The molecule has 0 radical (unpaired) electrons. The van der Waals surface area contributed by atoms with Gasteiger partial charge in [0.2, 0.25) is 0 Å². The molecule has 1 fully saturated rings. The average Bonchev–Trinajstić information content (AvgIpc) is 3.20. The molecular weight excluding hydrogens is 272 g/mol. The van der Waals surface area contributed by atoms with E-state index >= 15 is 0 Å². The molecule has 0 N–H and O–H groups in total. The number of fused-ring (bicyclic) bond motifs is 1. The largest absolute Gasteiger partial charge is 0.352 e. The second-order valence-corrected chi connectivity index (χ2v) is 5.86. The Hall–Kier alpha value is -1.64. The molecule has 1 heterocycles. The van der Waals surface area contributed by atoms with Gasteiger partial charge in [0.25, 0.3) is 0 Å². The summed E-state index contributed by atoms with van der Waals surface area (Å²) in [5, 5.41) is 0.698. The highest BCUT2D eigenvalue weighted by Gasteiger charge is 2.63. The standard InChI is InChI=1S/C17H13ClO2/c18-13-7-5-12(6-8-13)16-17(20-16)10-9-11-3-1-2-4-14(11)15(17)19/h1-8,16H,9-10H2/t16-,17+/m0/s1. The number of hydrogen-bond donors (Lipinski definition) is 0. The van der Waals surface area contributed by atoms with E-state index in [1.165, 1.54) is 0 Å². The van der Waals surface area contributed by atoms with Gasteiger partial charge in [0.05, 0.1) is 0 Å². The van der Waals surface area contributed by atoms with Gasteiger partial charge in [-0.05, 0) is 36.1 Å². The maximum atomic E-state index is 12.7. The number of hydrogen-bond acceptors (Lipinski definition) is 2. The third-order valence-electron chi connectivity index (χ3n) is 4.28. The van der Waals surface area contributed by atoms with E-state index in [1.807, 2.05) is 48.5 Å². The van der Waals surface area contributed by atoms with Crippen molar-refractivity contribution in [3.05, 3.63) is 70.2 Å². The lowest BCUT2D eigenvalue weighted by atomic mass is 9.79. The first-order valence-corrected chi connectivity index (χ1v) is 7.14. The number of carbonyl (C=O) groups excluding carboxylic acids is 1. The Kier molecular flexibility index (Phi) is 2.53. The molecule has 1 saturated heterocycles. The lowest BCUT2D eigenvalue weighted by Crippen LogP contribution is -2.31. The summed E-state index contributed by atoms with van der Waals surface area (Å²) in [7, 11) is 0. The van der Waals surface area contributed by atoms with E-state index in [9.17, 15) is 4.79 Å². The van der Waals surface area contributed by atoms with Crippen molar-refractivity contribution >= 4 is 17.4 Å². The predicted octanol–water partition coefficient (Wildman–Crippen LogP) is 3.98. The Balaban J connectivity index is 1.69. The second-order valence-electron chi connectivity index (χ2n) is 5.43. The molecule has 0 amide bonds. The molecule has 4 rings (SSSR count). The van der Waals surface area contributed by atoms with Crippen LogP contribution in [0.25, 0.3) is 0 Å². The normalized spacial score (nSPS) is 27.4. The Morgan fingerprint density at radius 2 is 1.85 bits per heavy atom. The quantitative estimate of drug-likeness (QED) is 0.741. The number of ketones is 1. The number of halogens is 1. The van der Waals surface area contributed by atoms with Crippen molar-refractivity contribution in [2.24, 2.45) is 0 Å². The summed E-state index contributed by atoms with van der Waals surface area (Å²) in [5.74, 6) is 0.124. The van der Waals surface area contributed by atoms with Gasteiger partial charge in [0, 0.05) is 10.6 Å². The summed E-state index contributed by atoms with van der Waals surface area (Å²) < 4.78 is 5.85. The molecule has 1 aliphatic heterocycles. The fourth-order valence-corrected chi connectivity index (χ4v) is 3.26. The van der Waals surface area contributed by atoms with Crippen LogP contribution >= 0.6 is 11.6 Å². The molecule has 100 valence electrons. The van der Waals surface area contributed by atoms with Crippen molar-refractivity contribution in [3.8, 4) is 0 Å². The van der Waals surface area contributed by atoms with E-state index in [0.29, 0.717) is 5.02 Å². The van der Waals surface area contributed by atoms with Crippen LogP contribution < -0.4 is 0 Å². The molecule has 2 nitrogen and oxygen atoms in total. The van der Waals surface area contributed by atoms with Crippen LogP contribution in [0.1, 0.15) is 34.0 Å². The number of Topliss-reactive ketones (excluding diaryl/α,β-unsaturated/α-hetero) is 1. The molecule has 2 aliphatic rings. The van der Waals surface area contributed by atoms with Crippen LogP contribution in [0.5, 0.6) is 0 Å². The molecule has 0 unspecified atom stereocenters. The molecule has 2 aromatic rings. The molecule has 1 spiro atoms. The van der Waals surface area contributed by atoms with Crippen molar-refractivity contribution in [1.29, 1.82) is 0 Å². The van der Waals surface area contributed by atoms with Crippen LogP contribution in [0.2, 0.25) is 5.02 Å². The fourth-order valence-electron chi connectivity index (χ4n) is 3.14. The summed E-state index contributed by atoms with van der Waals surface area (Å²) in [6.07, 6.45) is 1.53. The van der Waals surface area contributed by atoms with Crippen molar-refractivity contribution in [2.75, 3.05) is 0 Å². The third kappa shape index (κ3) is 1.65. The van der Waals surface area contributed by atoms with E-state index in [0.717, 1.165) is 29.5 Å². The van der Waals surface area contributed by atoms with Crippen LogP contribution in [-0.2, 0) is 11.2 Å². The molecule has 2 atom stereocenters. The number of benzene rings is 2. The van der Waals surface area contributed by atoms with Crippen LogP contribution in [0, 0.1) is 0 Å². The van der Waals surface area contributed by atoms with Gasteiger partial charge in [-0.3, -0.25) is 4.79 Å². The third-order valence-corrected chi connectivity index (χ3v) is 4.53. The summed E-state index contributed by atoms with van der Waals surface area (Å²) in [5.41, 5.74) is 2.34. The zero-order chi connectivity index (χ0) is 13.7. The first-order valence-electron chi connectivity index (χ1n) is 6.77. The van der Waals surface area contributed by atoms with Crippen molar-refractivity contribution in [2.45, 2.75) is 24.5 Å². The van der Waals surface area contributed by atoms with E-state index < -0.39 is 5.60 Å². The highest BCUT2D eigenvalue weighted by Crippen LogP contribution is 2.56. The first-order chi connectivity index (χ1) is 9.71. The minimum absolute atomic E-state index is 0.124. The van der Waals surface area contributed by atoms with E-state index in [4.69, 9.17) is 16.3 Å².